The summed E-state index contributed by atoms with van der Waals surface area (Å²) in [4.78, 5) is 16.8. The molecule has 1 atom stereocenters. The van der Waals surface area contributed by atoms with E-state index in [4.69, 9.17) is 11.6 Å². The van der Waals surface area contributed by atoms with Crippen molar-refractivity contribution in [3.63, 3.8) is 0 Å². The highest BCUT2D eigenvalue weighted by atomic mass is 79.9. The zero-order chi connectivity index (χ0) is 14.0. The first kappa shape index (κ1) is 14.8. The highest BCUT2D eigenvalue weighted by molar-refractivity contribution is 9.10. The Morgan fingerprint density at radius 2 is 2.16 bits per heavy atom. The smallest absolute Gasteiger partial charge is 0.254 e. The quantitative estimate of drug-likeness (QED) is 0.821. The fourth-order valence-corrected chi connectivity index (χ4v) is 3.37. The number of rotatable bonds is 2. The summed E-state index contributed by atoms with van der Waals surface area (Å²) in [5, 5.41) is 0.581. The van der Waals surface area contributed by atoms with Gasteiger partial charge in [-0.15, -0.1) is 0 Å². The van der Waals surface area contributed by atoms with Crippen molar-refractivity contribution >= 4 is 33.4 Å². The molecule has 0 saturated carbocycles. The molecule has 0 aliphatic carbocycles. The van der Waals surface area contributed by atoms with Crippen LogP contribution in [0.3, 0.4) is 0 Å². The largest absolute Gasteiger partial charge is 0.336 e. The molecule has 1 aliphatic rings. The topological polar surface area (TPSA) is 23.6 Å². The van der Waals surface area contributed by atoms with Gasteiger partial charge in [-0.05, 0) is 31.7 Å². The molecule has 3 nitrogen and oxygen atoms in total. The summed E-state index contributed by atoms with van der Waals surface area (Å²) in [5.74, 6) is 0.0609. The Hall–Kier alpha value is -0.580. The molecule has 1 aliphatic heterocycles. The normalized spacial score (nSPS) is 20.6. The molecule has 0 spiro atoms. The second kappa shape index (κ2) is 6.25. The van der Waals surface area contributed by atoms with Crippen molar-refractivity contribution < 1.29 is 4.79 Å². The molecule has 1 amide bonds. The molecule has 0 aromatic heterocycles. The lowest BCUT2D eigenvalue weighted by Crippen LogP contribution is -2.53. The van der Waals surface area contributed by atoms with Gasteiger partial charge in [0.25, 0.3) is 5.91 Å². The predicted molar refractivity (Wildman–Crippen MR) is 81.8 cm³/mol. The van der Waals surface area contributed by atoms with Crippen molar-refractivity contribution in [1.29, 1.82) is 0 Å². The van der Waals surface area contributed by atoms with Crippen molar-refractivity contribution in [3.8, 4) is 0 Å². The van der Waals surface area contributed by atoms with Crippen molar-refractivity contribution in [3.05, 3.63) is 33.3 Å². The number of nitrogens with zero attached hydrogens (tertiary/aromatic N) is 2. The average molecular weight is 346 g/mol. The maximum Gasteiger partial charge on any atom is 0.254 e. The third-order valence-corrected chi connectivity index (χ3v) is 4.24. The van der Waals surface area contributed by atoms with Crippen LogP contribution >= 0.6 is 27.5 Å². The average Bonchev–Trinajstić information content (AvgIpc) is 2.36. The highest BCUT2D eigenvalue weighted by Crippen LogP contribution is 2.21. The van der Waals surface area contributed by atoms with Gasteiger partial charge in [0.15, 0.2) is 0 Å². The highest BCUT2D eigenvalue weighted by Gasteiger charge is 2.26. The van der Waals surface area contributed by atoms with Crippen LogP contribution in [0.2, 0.25) is 5.02 Å². The van der Waals surface area contributed by atoms with Gasteiger partial charge in [0.1, 0.15) is 0 Å². The minimum atomic E-state index is 0.0609. The Morgan fingerprint density at radius 1 is 1.42 bits per heavy atom. The molecule has 19 heavy (non-hydrogen) atoms. The van der Waals surface area contributed by atoms with Crippen LogP contribution in [-0.4, -0.2) is 47.9 Å². The van der Waals surface area contributed by atoms with E-state index in [1.165, 1.54) is 0 Å². The van der Waals surface area contributed by atoms with E-state index in [-0.39, 0.29) is 5.91 Å². The van der Waals surface area contributed by atoms with Crippen molar-refractivity contribution in [1.82, 2.24) is 9.80 Å². The molecule has 1 heterocycles. The van der Waals surface area contributed by atoms with Crippen LogP contribution in [-0.2, 0) is 0 Å². The molecule has 104 valence electrons. The van der Waals surface area contributed by atoms with Crippen molar-refractivity contribution in [2.24, 2.45) is 0 Å². The first-order valence-corrected chi connectivity index (χ1v) is 7.67. The van der Waals surface area contributed by atoms with Gasteiger partial charge < -0.3 is 4.90 Å². The molecule has 1 fully saturated rings. The minimum Gasteiger partial charge on any atom is -0.336 e. The van der Waals surface area contributed by atoms with Gasteiger partial charge in [0, 0.05) is 40.7 Å². The maximum absolute atomic E-state index is 12.5. The van der Waals surface area contributed by atoms with Gasteiger partial charge in [0.05, 0.1) is 0 Å². The zero-order valence-corrected chi connectivity index (χ0v) is 13.5. The van der Waals surface area contributed by atoms with Crippen LogP contribution in [0.4, 0.5) is 0 Å². The van der Waals surface area contributed by atoms with Crippen LogP contribution in [0.25, 0.3) is 0 Å². The predicted octanol–water partition coefficient (Wildman–Crippen LogP) is 3.27. The summed E-state index contributed by atoms with van der Waals surface area (Å²) in [7, 11) is 0. The number of amides is 1. The molecular weight excluding hydrogens is 328 g/mol. The third kappa shape index (κ3) is 3.50. The number of hydrogen-bond donors (Lipinski definition) is 0. The van der Waals surface area contributed by atoms with Gasteiger partial charge in [-0.1, -0.05) is 34.5 Å². The standard InChI is InChI=1S/C14H18BrClN2O/c1-3-17-4-5-18(9-10(17)2)14(19)11-6-12(15)8-13(16)7-11/h6-8,10H,3-5,9H2,1-2H3. The molecule has 1 saturated heterocycles. The van der Waals surface area contributed by atoms with E-state index in [1.54, 1.807) is 12.1 Å². The van der Waals surface area contributed by atoms with Gasteiger partial charge in [-0.2, -0.15) is 0 Å². The Kier molecular flexibility index (Phi) is 4.87. The molecule has 2 rings (SSSR count). The van der Waals surface area contributed by atoms with E-state index < -0.39 is 0 Å². The van der Waals surface area contributed by atoms with E-state index >= 15 is 0 Å². The van der Waals surface area contributed by atoms with Gasteiger partial charge >= 0.3 is 0 Å². The number of carbonyl (C=O) groups is 1. The Labute approximate surface area is 127 Å². The summed E-state index contributed by atoms with van der Waals surface area (Å²) in [6.45, 7) is 7.84. The zero-order valence-electron chi connectivity index (χ0n) is 11.2. The third-order valence-electron chi connectivity index (χ3n) is 3.57. The number of likely N-dealkylation sites (N-methyl/N-ethyl adjacent to an activating group) is 1. The summed E-state index contributed by atoms with van der Waals surface area (Å²) in [5.41, 5.74) is 0.650. The molecule has 0 bridgehead atoms. The van der Waals surface area contributed by atoms with Crippen LogP contribution in [0, 0.1) is 0 Å². The van der Waals surface area contributed by atoms with Crippen LogP contribution < -0.4 is 0 Å². The fraction of sp³-hybridized carbons (Fsp3) is 0.500. The Balaban J connectivity index is 2.12. The van der Waals surface area contributed by atoms with Gasteiger partial charge in [0.2, 0.25) is 0 Å². The second-order valence-electron chi connectivity index (χ2n) is 4.89. The monoisotopic (exact) mass is 344 g/mol. The molecular formula is C14H18BrClN2O. The van der Waals surface area contributed by atoms with Crippen LogP contribution in [0.15, 0.2) is 22.7 Å². The SMILES string of the molecule is CCN1CCN(C(=O)c2cc(Cl)cc(Br)c2)CC1C. The van der Waals surface area contributed by atoms with Crippen molar-refractivity contribution in [2.45, 2.75) is 19.9 Å². The number of piperazine rings is 1. The number of carbonyl (C=O) groups excluding carboxylic acids is 1. The van der Waals surface area contributed by atoms with E-state index in [1.807, 2.05) is 11.0 Å². The summed E-state index contributed by atoms with van der Waals surface area (Å²) < 4.78 is 0.837. The van der Waals surface area contributed by atoms with Crippen LogP contribution in [0.1, 0.15) is 24.2 Å². The molecule has 1 unspecified atom stereocenters. The lowest BCUT2D eigenvalue weighted by atomic mass is 10.1. The summed E-state index contributed by atoms with van der Waals surface area (Å²) >= 11 is 9.37. The molecule has 1 aromatic carbocycles. The summed E-state index contributed by atoms with van der Waals surface area (Å²) in [6.07, 6.45) is 0. The minimum absolute atomic E-state index is 0.0609. The Bertz CT molecular complexity index is 460. The number of hydrogen-bond acceptors (Lipinski definition) is 2. The van der Waals surface area contributed by atoms with Crippen LogP contribution in [0.5, 0.6) is 0 Å². The van der Waals surface area contributed by atoms with E-state index in [0.29, 0.717) is 16.6 Å². The van der Waals surface area contributed by atoms with E-state index in [2.05, 4.69) is 34.7 Å². The molecule has 1 aromatic rings. The maximum atomic E-state index is 12.5. The van der Waals surface area contributed by atoms with Gasteiger partial charge in [-0.3, -0.25) is 9.69 Å². The van der Waals surface area contributed by atoms with Gasteiger partial charge in [-0.25, -0.2) is 0 Å². The molecule has 0 radical (unpaired) electrons. The van der Waals surface area contributed by atoms with E-state index in [0.717, 1.165) is 30.7 Å². The van der Waals surface area contributed by atoms with Crippen molar-refractivity contribution in [2.75, 3.05) is 26.2 Å². The second-order valence-corrected chi connectivity index (χ2v) is 6.24. The lowest BCUT2D eigenvalue weighted by molar-refractivity contribution is 0.0528. The Morgan fingerprint density at radius 3 is 2.74 bits per heavy atom. The molecule has 5 heteroatoms. The molecule has 0 N–H and O–H groups in total. The number of halogens is 2. The number of benzene rings is 1. The lowest BCUT2D eigenvalue weighted by Gasteiger charge is -2.39. The first-order valence-electron chi connectivity index (χ1n) is 6.50. The summed E-state index contributed by atoms with van der Waals surface area (Å²) in [6, 6.07) is 5.75. The van der Waals surface area contributed by atoms with E-state index in [9.17, 15) is 4.79 Å². The fourth-order valence-electron chi connectivity index (χ4n) is 2.51. The first-order chi connectivity index (χ1) is 9.01.